The molecule has 0 spiro atoms. The average molecular weight is 403 g/mol. The minimum atomic E-state index is -3.08. The molecule has 0 aromatic heterocycles. The van der Waals surface area contributed by atoms with Gasteiger partial charge in [0.1, 0.15) is 5.75 Å². The predicted molar refractivity (Wildman–Crippen MR) is 104 cm³/mol. The second-order valence-electron chi connectivity index (χ2n) is 6.51. The third kappa shape index (κ3) is 5.82. The predicted octanol–water partition coefficient (Wildman–Crippen LogP) is 1.58. The Labute approximate surface area is 163 Å². The maximum absolute atomic E-state index is 11.7. The van der Waals surface area contributed by atoms with Gasteiger partial charge in [-0.25, -0.2) is 13.2 Å². The molecule has 1 amide bonds. The van der Waals surface area contributed by atoms with E-state index in [9.17, 15) is 18.0 Å². The van der Waals surface area contributed by atoms with Crippen molar-refractivity contribution in [3.05, 3.63) is 54.6 Å². The van der Waals surface area contributed by atoms with Crippen LogP contribution in [0.2, 0.25) is 0 Å². The molecule has 0 bridgehead atoms. The van der Waals surface area contributed by atoms with Crippen molar-refractivity contribution in [2.75, 3.05) is 24.7 Å². The fourth-order valence-corrected chi connectivity index (χ4v) is 4.56. The molecule has 2 aromatic rings. The Hall–Kier alpha value is -2.87. The summed E-state index contributed by atoms with van der Waals surface area (Å²) in [6, 6.07) is 16.7. The lowest BCUT2D eigenvalue weighted by Crippen LogP contribution is -2.38. The molecule has 0 saturated carbocycles. The van der Waals surface area contributed by atoms with Gasteiger partial charge in [-0.1, -0.05) is 42.5 Å². The number of amides is 1. The Morgan fingerprint density at radius 2 is 1.64 bits per heavy atom. The molecule has 1 atom stereocenters. The third-order valence-electron chi connectivity index (χ3n) is 4.28. The molecule has 0 unspecified atom stereocenters. The van der Waals surface area contributed by atoms with Crippen LogP contribution >= 0.6 is 0 Å². The van der Waals surface area contributed by atoms with E-state index in [0.29, 0.717) is 12.2 Å². The molecule has 0 radical (unpaired) electrons. The van der Waals surface area contributed by atoms with Gasteiger partial charge in [-0.15, -0.1) is 0 Å². The fraction of sp³-hybridized carbons (Fsp3) is 0.300. The molecular weight excluding hydrogens is 382 g/mol. The fourth-order valence-electron chi connectivity index (χ4n) is 2.88. The van der Waals surface area contributed by atoms with E-state index in [1.807, 2.05) is 42.5 Å². The van der Waals surface area contributed by atoms with Gasteiger partial charge in [0.15, 0.2) is 23.1 Å². The first-order valence-electron chi connectivity index (χ1n) is 8.85. The maximum atomic E-state index is 11.7. The van der Waals surface area contributed by atoms with E-state index in [4.69, 9.17) is 9.47 Å². The van der Waals surface area contributed by atoms with Crippen molar-refractivity contribution in [2.24, 2.45) is 0 Å². The van der Waals surface area contributed by atoms with Gasteiger partial charge in [0, 0.05) is 6.04 Å². The zero-order valence-electron chi connectivity index (χ0n) is 15.2. The van der Waals surface area contributed by atoms with Crippen LogP contribution in [0.5, 0.6) is 5.75 Å². The Kier molecular flexibility index (Phi) is 6.30. The van der Waals surface area contributed by atoms with Crippen LogP contribution in [0.15, 0.2) is 54.6 Å². The van der Waals surface area contributed by atoms with Crippen molar-refractivity contribution in [3.8, 4) is 16.9 Å². The number of carbonyl (C=O) groups excluding carboxylic acids is 2. The Bertz CT molecular complexity index is 925. The summed E-state index contributed by atoms with van der Waals surface area (Å²) >= 11 is 0. The molecule has 2 aromatic carbocycles. The highest BCUT2D eigenvalue weighted by Crippen LogP contribution is 2.22. The largest absolute Gasteiger partial charge is 0.482 e. The number of esters is 1. The van der Waals surface area contributed by atoms with Gasteiger partial charge in [-0.3, -0.25) is 4.79 Å². The monoisotopic (exact) mass is 403 g/mol. The zero-order chi connectivity index (χ0) is 20.0. The van der Waals surface area contributed by atoms with Crippen LogP contribution in [0, 0.1) is 0 Å². The summed E-state index contributed by atoms with van der Waals surface area (Å²) in [4.78, 5) is 23.5. The zero-order valence-corrected chi connectivity index (χ0v) is 16.0. The molecule has 1 heterocycles. The number of nitrogens with one attached hydrogen (secondary N) is 1. The van der Waals surface area contributed by atoms with E-state index < -0.39 is 34.4 Å². The quantitative estimate of drug-likeness (QED) is 0.705. The first-order valence-corrected chi connectivity index (χ1v) is 10.7. The van der Waals surface area contributed by atoms with Gasteiger partial charge >= 0.3 is 5.97 Å². The summed E-state index contributed by atoms with van der Waals surface area (Å²) in [5.41, 5.74) is 2.11. The minimum absolute atomic E-state index is 0.0641. The molecule has 1 N–H and O–H groups in total. The van der Waals surface area contributed by atoms with Gasteiger partial charge in [0.2, 0.25) is 0 Å². The number of ether oxygens (including phenoxy) is 2. The van der Waals surface area contributed by atoms with Crippen LogP contribution in [0.25, 0.3) is 11.1 Å². The molecular formula is C20H21NO6S. The number of rotatable bonds is 7. The average Bonchev–Trinajstić information content (AvgIpc) is 3.04. The summed E-state index contributed by atoms with van der Waals surface area (Å²) < 4.78 is 32.9. The smallest absolute Gasteiger partial charge is 0.344 e. The second-order valence-corrected chi connectivity index (χ2v) is 8.74. The lowest BCUT2D eigenvalue weighted by molar-refractivity contribution is -0.150. The molecule has 1 saturated heterocycles. The van der Waals surface area contributed by atoms with Gasteiger partial charge < -0.3 is 14.8 Å². The number of hydrogen-bond donors (Lipinski definition) is 1. The molecule has 1 aliphatic rings. The highest BCUT2D eigenvalue weighted by molar-refractivity contribution is 7.91. The molecule has 0 aliphatic carbocycles. The number of sulfone groups is 1. The number of carbonyl (C=O) groups is 2. The lowest BCUT2D eigenvalue weighted by atomic mass is 10.1. The topological polar surface area (TPSA) is 98.8 Å². The SMILES string of the molecule is O=C(COC(=O)COc1ccc(-c2ccccc2)cc1)N[C@H]1CCS(=O)(=O)C1. The van der Waals surface area contributed by atoms with Crippen LogP contribution in [0.1, 0.15) is 6.42 Å². The summed E-state index contributed by atoms with van der Waals surface area (Å²) in [7, 11) is -3.08. The van der Waals surface area contributed by atoms with E-state index in [-0.39, 0.29) is 18.1 Å². The summed E-state index contributed by atoms with van der Waals surface area (Å²) in [6.07, 6.45) is 0.379. The van der Waals surface area contributed by atoms with E-state index >= 15 is 0 Å². The van der Waals surface area contributed by atoms with Crippen molar-refractivity contribution in [1.29, 1.82) is 0 Å². The summed E-state index contributed by atoms with van der Waals surface area (Å²) in [5, 5.41) is 2.55. The van der Waals surface area contributed by atoms with Crippen LogP contribution in [-0.2, 0) is 24.2 Å². The molecule has 1 fully saturated rings. The van der Waals surface area contributed by atoms with Crippen LogP contribution in [0.4, 0.5) is 0 Å². The minimum Gasteiger partial charge on any atom is -0.482 e. The summed E-state index contributed by atoms with van der Waals surface area (Å²) in [5.74, 6) is -0.704. The normalized spacial score (nSPS) is 17.6. The van der Waals surface area contributed by atoms with Crippen LogP contribution in [0.3, 0.4) is 0 Å². The maximum Gasteiger partial charge on any atom is 0.344 e. The van der Waals surface area contributed by atoms with E-state index in [1.54, 1.807) is 12.1 Å². The van der Waals surface area contributed by atoms with Gasteiger partial charge in [-0.2, -0.15) is 0 Å². The van der Waals surface area contributed by atoms with Gasteiger partial charge in [-0.05, 0) is 29.7 Å². The van der Waals surface area contributed by atoms with E-state index in [1.165, 1.54) is 0 Å². The standard InChI is InChI=1S/C20H21NO6S/c22-19(21-17-10-11-28(24,25)14-17)12-27-20(23)13-26-18-8-6-16(7-9-18)15-4-2-1-3-5-15/h1-9,17H,10-14H2,(H,21,22)/t17-/m0/s1. The third-order valence-corrected chi connectivity index (χ3v) is 6.05. The van der Waals surface area contributed by atoms with Crippen molar-refractivity contribution < 1.29 is 27.5 Å². The Balaban J connectivity index is 1.39. The molecule has 3 rings (SSSR count). The van der Waals surface area contributed by atoms with E-state index in [2.05, 4.69) is 5.32 Å². The van der Waals surface area contributed by atoms with Crippen molar-refractivity contribution >= 4 is 21.7 Å². The first-order chi connectivity index (χ1) is 13.4. The van der Waals surface area contributed by atoms with E-state index in [0.717, 1.165) is 11.1 Å². The van der Waals surface area contributed by atoms with Crippen molar-refractivity contribution in [2.45, 2.75) is 12.5 Å². The molecule has 28 heavy (non-hydrogen) atoms. The molecule has 148 valence electrons. The Morgan fingerprint density at radius 3 is 2.29 bits per heavy atom. The van der Waals surface area contributed by atoms with Crippen LogP contribution in [-0.4, -0.2) is 51.1 Å². The number of benzene rings is 2. The molecule has 8 heteroatoms. The second kappa shape index (κ2) is 8.88. The Morgan fingerprint density at radius 1 is 0.964 bits per heavy atom. The van der Waals surface area contributed by atoms with Crippen LogP contribution < -0.4 is 10.1 Å². The van der Waals surface area contributed by atoms with Gasteiger partial charge in [0.05, 0.1) is 11.5 Å². The lowest BCUT2D eigenvalue weighted by Gasteiger charge is -2.11. The summed E-state index contributed by atoms with van der Waals surface area (Å²) in [6.45, 7) is -0.790. The van der Waals surface area contributed by atoms with Crippen molar-refractivity contribution in [1.82, 2.24) is 5.32 Å². The van der Waals surface area contributed by atoms with Crippen molar-refractivity contribution in [3.63, 3.8) is 0 Å². The first kappa shape index (κ1) is 19.9. The molecule has 7 nitrogen and oxygen atoms in total. The van der Waals surface area contributed by atoms with Gasteiger partial charge in [0.25, 0.3) is 5.91 Å². The molecule has 1 aliphatic heterocycles. The number of hydrogen-bond acceptors (Lipinski definition) is 6. The highest BCUT2D eigenvalue weighted by atomic mass is 32.2. The highest BCUT2D eigenvalue weighted by Gasteiger charge is 2.29.